The van der Waals surface area contributed by atoms with E-state index in [9.17, 15) is 14.4 Å². The molecule has 1 aliphatic heterocycles. The molecule has 1 amide bonds. The van der Waals surface area contributed by atoms with Gasteiger partial charge in [0.05, 0.1) is 18.7 Å². The van der Waals surface area contributed by atoms with E-state index in [-0.39, 0.29) is 18.1 Å². The maximum Gasteiger partial charge on any atom is 0.329 e. The highest BCUT2D eigenvalue weighted by molar-refractivity contribution is 5.94. The predicted molar refractivity (Wildman–Crippen MR) is 65.0 cm³/mol. The summed E-state index contributed by atoms with van der Waals surface area (Å²) in [5.74, 6) is -1.25. The summed E-state index contributed by atoms with van der Waals surface area (Å²) in [5, 5.41) is 8.54. The number of rotatable bonds is 4. The second kappa shape index (κ2) is 4.85. The van der Waals surface area contributed by atoms with E-state index in [4.69, 9.17) is 9.84 Å². The number of nitrogens with zero attached hydrogens (tertiary/aromatic N) is 1. The molecular weight excluding hydrogens is 252 g/mol. The van der Waals surface area contributed by atoms with Gasteiger partial charge in [0.15, 0.2) is 0 Å². The van der Waals surface area contributed by atoms with Crippen LogP contribution in [0, 0.1) is 0 Å². The van der Waals surface area contributed by atoms with E-state index in [0.29, 0.717) is 18.7 Å². The van der Waals surface area contributed by atoms with Crippen molar-refractivity contribution in [2.24, 2.45) is 0 Å². The summed E-state index contributed by atoms with van der Waals surface area (Å²) in [6.45, 7) is 2.04. The van der Waals surface area contributed by atoms with Crippen LogP contribution in [0.15, 0.2) is 23.1 Å². The van der Waals surface area contributed by atoms with Crippen molar-refractivity contribution in [1.82, 2.24) is 9.88 Å². The van der Waals surface area contributed by atoms with Crippen LogP contribution < -0.4 is 5.56 Å². The minimum Gasteiger partial charge on any atom is -0.480 e. The van der Waals surface area contributed by atoms with Gasteiger partial charge in [0.25, 0.3) is 5.91 Å². The molecule has 102 valence electrons. The zero-order chi connectivity index (χ0) is 14.0. The first-order valence-corrected chi connectivity index (χ1v) is 5.73. The Morgan fingerprint density at radius 2 is 2.16 bits per heavy atom. The molecule has 19 heavy (non-hydrogen) atoms. The maximum atomic E-state index is 12.0. The van der Waals surface area contributed by atoms with Crippen LogP contribution >= 0.6 is 0 Å². The third-order valence-corrected chi connectivity index (χ3v) is 2.91. The summed E-state index contributed by atoms with van der Waals surface area (Å²) in [4.78, 5) is 37.3. The number of carboxylic acid groups (broad SMARTS) is 1. The number of hydrogen-bond donors (Lipinski definition) is 2. The topological polar surface area (TPSA) is 99.7 Å². The molecule has 0 atom stereocenters. The first-order valence-electron chi connectivity index (χ1n) is 5.73. The molecule has 1 aromatic rings. The molecule has 0 bridgehead atoms. The number of amides is 1. The van der Waals surface area contributed by atoms with Crippen LogP contribution in [0.25, 0.3) is 0 Å². The van der Waals surface area contributed by atoms with Crippen molar-refractivity contribution >= 4 is 11.9 Å². The van der Waals surface area contributed by atoms with Gasteiger partial charge in [-0.05, 0) is 13.0 Å². The molecule has 0 aromatic carbocycles. The fourth-order valence-corrected chi connectivity index (χ4v) is 1.96. The number of aliphatic carboxylic acids is 1. The molecule has 0 aliphatic carbocycles. The smallest absolute Gasteiger partial charge is 0.329 e. The van der Waals surface area contributed by atoms with E-state index in [1.165, 1.54) is 23.2 Å². The van der Waals surface area contributed by atoms with Crippen molar-refractivity contribution in [2.45, 2.75) is 12.5 Å². The lowest BCUT2D eigenvalue weighted by Crippen LogP contribution is -2.63. The molecule has 7 heteroatoms. The summed E-state index contributed by atoms with van der Waals surface area (Å²) in [6, 6.07) is 2.74. The molecular formula is C12H14N2O5. The van der Waals surface area contributed by atoms with Crippen LogP contribution in [0.4, 0.5) is 0 Å². The number of H-pyrrole nitrogens is 1. The van der Waals surface area contributed by atoms with Gasteiger partial charge in [-0.3, -0.25) is 9.59 Å². The second-order valence-corrected chi connectivity index (χ2v) is 4.74. The fraction of sp³-hybridized carbons (Fsp3) is 0.417. The minimum atomic E-state index is -1.04. The van der Waals surface area contributed by atoms with Crippen molar-refractivity contribution in [3.63, 3.8) is 0 Å². The lowest BCUT2D eigenvalue weighted by atomic mass is 9.95. The Morgan fingerprint density at radius 3 is 2.68 bits per heavy atom. The van der Waals surface area contributed by atoms with Gasteiger partial charge in [-0.25, -0.2) is 4.79 Å². The summed E-state index contributed by atoms with van der Waals surface area (Å²) in [7, 11) is 0. The predicted octanol–water partition coefficient (Wildman–Crippen LogP) is -0.309. The van der Waals surface area contributed by atoms with E-state index in [1.807, 2.05) is 0 Å². The van der Waals surface area contributed by atoms with Crippen molar-refractivity contribution in [2.75, 3.05) is 19.7 Å². The maximum absolute atomic E-state index is 12.0. The molecule has 1 aliphatic rings. The molecule has 1 aromatic heterocycles. The van der Waals surface area contributed by atoms with Gasteiger partial charge < -0.3 is 19.7 Å². The van der Waals surface area contributed by atoms with E-state index < -0.39 is 11.6 Å². The molecule has 1 saturated heterocycles. The molecule has 0 saturated carbocycles. The Balaban J connectivity index is 1.92. The number of carbonyl (C=O) groups is 2. The molecule has 0 unspecified atom stereocenters. The van der Waals surface area contributed by atoms with Gasteiger partial charge in [-0.15, -0.1) is 0 Å². The van der Waals surface area contributed by atoms with E-state index in [0.717, 1.165) is 0 Å². The van der Waals surface area contributed by atoms with Crippen molar-refractivity contribution in [3.8, 4) is 0 Å². The Hall–Kier alpha value is -2.15. The number of likely N-dealkylation sites (tertiary alicyclic amines) is 1. The van der Waals surface area contributed by atoms with E-state index >= 15 is 0 Å². The Morgan fingerprint density at radius 1 is 1.47 bits per heavy atom. The quantitative estimate of drug-likeness (QED) is 0.778. The highest BCUT2D eigenvalue weighted by Crippen LogP contribution is 2.25. The van der Waals surface area contributed by atoms with Crippen LogP contribution in [0.1, 0.15) is 17.3 Å². The molecule has 2 rings (SSSR count). The van der Waals surface area contributed by atoms with Crippen LogP contribution in [-0.4, -0.2) is 52.2 Å². The third kappa shape index (κ3) is 3.00. The fourth-order valence-electron chi connectivity index (χ4n) is 1.96. The number of aromatic amines is 1. The first-order chi connectivity index (χ1) is 8.89. The lowest BCUT2D eigenvalue weighted by molar-refractivity contribution is -0.159. The molecule has 1 fully saturated rings. The number of carbonyl (C=O) groups excluding carboxylic acids is 1. The second-order valence-electron chi connectivity index (χ2n) is 4.74. The average molecular weight is 266 g/mol. The minimum absolute atomic E-state index is 0.215. The lowest BCUT2D eigenvalue weighted by Gasteiger charge is -2.47. The van der Waals surface area contributed by atoms with Crippen molar-refractivity contribution in [1.29, 1.82) is 0 Å². The van der Waals surface area contributed by atoms with Gasteiger partial charge in [0, 0.05) is 12.3 Å². The van der Waals surface area contributed by atoms with Crippen molar-refractivity contribution in [3.05, 3.63) is 34.2 Å². The van der Waals surface area contributed by atoms with Crippen LogP contribution in [0.5, 0.6) is 0 Å². The van der Waals surface area contributed by atoms with Gasteiger partial charge in [0.1, 0.15) is 12.2 Å². The number of ether oxygens (including phenoxy) is 1. The largest absolute Gasteiger partial charge is 0.480 e. The summed E-state index contributed by atoms with van der Waals surface area (Å²) >= 11 is 0. The first kappa shape index (κ1) is 13.3. The summed E-state index contributed by atoms with van der Waals surface area (Å²) in [6.07, 6.45) is 1.36. The number of carboxylic acids is 1. The summed E-state index contributed by atoms with van der Waals surface area (Å²) < 4.78 is 5.21. The highest BCUT2D eigenvalue weighted by Gasteiger charge is 2.42. The Kier molecular flexibility index (Phi) is 3.39. The number of pyridine rings is 1. The Labute approximate surface area is 108 Å². The molecule has 2 N–H and O–H groups in total. The standard InChI is InChI=1S/C12H14N2O5/c1-12(19-5-10(16)17)6-14(7-12)11(18)8-2-3-9(15)13-4-8/h2-4H,5-7H2,1H3,(H,13,15)(H,16,17). The third-order valence-electron chi connectivity index (χ3n) is 2.91. The zero-order valence-electron chi connectivity index (χ0n) is 10.4. The highest BCUT2D eigenvalue weighted by atomic mass is 16.5. The number of nitrogens with one attached hydrogen (secondary N) is 1. The number of aromatic nitrogens is 1. The zero-order valence-corrected chi connectivity index (χ0v) is 10.4. The normalized spacial score (nSPS) is 16.8. The van der Waals surface area contributed by atoms with E-state index in [1.54, 1.807) is 6.92 Å². The molecule has 2 heterocycles. The van der Waals surface area contributed by atoms with Crippen LogP contribution in [0.3, 0.4) is 0 Å². The molecule has 7 nitrogen and oxygen atoms in total. The van der Waals surface area contributed by atoms with Gasteiger partial charge in [-0.1, -0.05) is 0 Å². The van der Waals surface area contributed by atoms with E-state index in [2.05, 4.69) is 4.98 Å². The van der Waals surface area contributed by atoms with Gasteiger partial charge in [0.2, 0.25) is 5.56 Å². The monoisotopic (exact) mass is 266 g/mol. The average Bonchev–Trinajstić information content (AvgIpc) is 2.33. The summed E-state index contributed by atoms with van der Waals surface area (Å²) in [5.41, 5.74) is -0.495. The molecule has 0 spiro atoms. The van der Waals surface area contributed by atoms with Crippen LogP contribution in [-0.2, 0) is 9.53 Å². The SMILES string of the molecule is CC1(OCC(=O)O)CN(C(=O)c2ccc(=O)[nH]c2)C1. The van der Waals surface area contributed by atoms with Crippen LogP contribution in [0.2, 0.25) is 0 Å². The van der Waals surface area contributed by atoms with Crippen molar-refractivity contribution < 1.29 is 19.4 Å². The Bertz CT molecular complexity index is 539. The van der Waals surface area contributed by atoms with Gasteiger partial charge >= 0.3 is 5.97 Å². The number of hydrogen-bond acceptors (Lipinski definition) is 4. The van der Waals surface area contributed by atoms with Gasteiger partial charge in [-0.2, -0.15) is 0 Å². The molecule has 0 radical (unpaired) electrons.